The van der Waals surface area contributed by atoms with Crippen molar-refractivity contribution in [2.24, 2.45) is 5.73 Å². The Bertz CT molecular complexity index is 779. The molecule has 140 valence electrons. The van der Waals surface area contributed by atoms with Crippen molar-refractivity contribution in [1.82, 2.24) is 25.0 Å². The molecule has 26 heavy (non-hydrogen) atoms. The smallest absolute Gasteiger partial charge is 0.270 e. The summed E-state index contributed by atoms with van der Waals surface area (Å²) in [5.74, 6) is 1.15. The van der Waals surface area contributed by atoms with E-state index in [9.17, 15) is 4.79 Å². The number of primary amides is 1. The molecule has 0 saturated carbocycles. The van der Waals surface area contributed by atoms with E-state index in [2.05, 4.69) is 38.9 Å². The molecule has 0 unspecified atom stereocenters. The maximum absolute atomic E-state index is 11.2. The maximum atomic E-state index is 11.2. The molecule has 1 saturated heterocycles. The van der Waals surface area contributed by atoms with E-state index in [1.165, 1.54) is 0 Å². The van der Waals surface area contributed by atoms with Crippen LogP contribution in [0.15, 0.2) is 12.3 Å². The van der Waals surface area contributed by atoms with E-state index < -0.39 is 5.91 Å². The van der Waals surface area contributed by atoms with Gasteiger partial charge in [-0.2, -0.15) is 4.98 Å². The molecule has 3 heterocycles. The second-order valence-electron chi connectivity index (χ2n) is 7.04. The first kappa shape index (κ1) is 18.1. The van der Waals surface area contributed by atoms with Crippen LogP contribution in [-0.4, -0.2) is 57.0 Å². The molecule has 1 amide bonds. The molecule has 9 heteroatoms. The lowest BCUT2D eigenvalue weighted by molar-refractivity contribution is 0.0995. The van der Waals surface area contributed by atoms with Crippen LogP contribution in [0.1, 0.15) is 48.9 Å². The molecule has 0 atom stereocenters. The van der Waals surface area contributed by atoms with Gasteiger partial charge in [0.05, 0.1) is 12.2 Å². The van der Waals surface area contributed by atoms with Gasteiger partial charge in [-0.3, -0.25) is 4.79 Å². The van der Waals surface area contributed by atoms with E-state index in [-0.39, 0.29) is 11.7 Å². The molecule has 3 rings (SSSR count). The number of anilines is 2. The Labute approximate surface area is 153 Å². The van der Waals surface area contributed by atoms with Crippen molar-refractivity contribution in [1.29, 1.82) is 0 Å². The molecule has 2 N–H and O–H groups in total. The number of carbonyl (C=O) groups excluding carboxylic acids is 1. The SMILES string of the molecule is Cc1cc(N2CCC(n3cc(C(N)=O)nn3)CC2)nc(N(C)C(C)C)n1. The van der Waals surface area contributed by atoms with E-state index in [0.29, 0.717) is 6.04 Å². The van der Waals surface area contributed by atoms with Crippen molar-refractivity contribution in [2.75, 3.05) is 29.9 Å². The van der Waals surface area contributed by atoms with Crippen molar-refractivity contribution in [2.45, 2.75) is 45.7 Å². The van der Waals surface area contributed by atoms with Gasteiger partial charge in [0.2, 0.25) is 5.95 Å². The highest BCUT2D eigenvalue weighted by Crippen LogP contribution is 2.26. The predicted octanol–water partition coefficient (Wildman–Crippen LogP) is 1.16. The molecule has 0 aromatic carbocycles. The molecule has 2 aromatic rings. The van der Waals surface area contributed by atoms with Gasteiger partial charge >= 0.3 is 0 Å². The van der Waals surface area contributed by atoms with Crippen molar-refractivity contribution < 1.29 is 4.79 Å². The van der Waals surface area contributed by atoms with Gasteiger partial charge in [0.15, 0.2) is 5.69 Å². The number of rotatable bonds is 5. The van der Waals surface area contributed by atoms with Gasteiger partial charge in [0, 0.05) is 37.9 Å². The van der Waals surface area contributed by atoms with Crippen LogP contribution in [-0.2, 0) is 0 Å². The predicted molar refractivity (Wildman–Crippen MR) is 99.3 cm³/mol. The summed E-state index contributed by atoms with van der Waals surface area (Å²) in [6.45, 7) is 7.95. The number of piperidine rings is 1. The maximum Gasteiger partial charge on any atom is 0.270 e. The average molecular weight is 358 g/mol. The Morgan fingerprint density at radius 3 is 2.58 bits per heavy atom. The molecule has 0 spiro atoms. The molecule has 0 radical (unpaired) electrons. The fraction of sp³-hybridized carbons (Fsp3) is 0.588. The van der Waals surface area contributed by atoms with Gasteiger partial charge in [0.25, 0.3) is 5.91 Å². The van der Waals surface area contributed by atoms with Crippen molar-refractivity contribution >= 4 is 17.7 Å². The number of carbonyl (C=O) groups is 1. The topological polar surface area (TPSA) is 106 Å². The van der Waals surface area contributed by atoms with Gasteiger partial charge in [-0.15, -0.1) is 5.10 Å². The summed E-state index contributed by atoms with van der Waals surface area (Å²) in [6, 6.07) is 2.58. The third kappa shape index (κ3) is 3.76. The Kier molecular flexibility index (Phi) is 5.06. The van der Waals surface area contributed by atoms with Crippen molar-refractivity contribution in [3.63, 3.8) is 0 Å². The number of hydrogen-bond acceptors (Lipinski definition) is 7. The largest absolute Gasteiger partial charge is 0.364 e. The van der Waals surface area contributed by atoms with Gasteiger partial charge in [-0.1, -0.05) is 5.21 Å². The Morgan fingerprint density at radius 2 is 2.00 bits per heavy atom. The van der Waals surface area contributed by atoms with Crippen LogP contribution in [0.4, 0.5) is 11.8 Å². The molecule has 1 aliphatic rings. The van der Waals surface area contributed by atoms with Crippen LogP contribution in [0.2, 0.25) is 0 Å². The summed E-state index contributed by atoms with van der Waals surface area (Å²) >= 11 is 0. The molecule has 0 bridgehead atoms. The summed E-state index contributed by atoms with van der Waals surface area (Å²) in [5.41, 5.74) is 6.42. The van der Waals surface area contributed by atoms with Crippen molar-refractivity contribution in [3.05, 3.63) is 23.7 Å². The average Bonchev–Trinajstić information content (AvgIpc) is 3.11. The summed E-state index contributed by atoms with van der Waals surface area (Å²) in [7, 11) is 2.01. The summed E-state index contributed by atoms with van der Waals surface area (Å²) in [4.78, 5) is 24.8. The molecule has 1 fully saturated rings. The summed E-state index contributed by atoms with van der Waals surface area (Å²) < 4.78 is 1.75. The molecule has 9 nitrogen and oxygen atoms in total. The van der Waals surface area contributed by atoms with Gasteiger partial charge < -0.3 is 15.5 Å². The highest BCUT2D eigenvalue weighted by molar-refractivity contribution is 5.90. The van der Waals surface area contributed by atoms with Crippen LogP contribution in [0.3, 0.4) is 0 Å². The first-order valence-electron chi connectivity index (χ1n) is 8.90. The molecule has 0 aliphatic carbocycles. The zero-order chi connectivity index (χ0) is 18.8. The lowest BCUT2D eigenvalue weighted by Crippen LogP contribution is -2.36. The Hall–Kier alpha value is -2.71. The normalized spacial score (nSPS) is 15.5. The lowest BCUT2D eigenvalue weighted by Gasteiger charge is -2.33. The number of aryl methyl sites for hydroxylation is 1. The minimum Gasteiger partial charge on any atom is -0.364 e. The van der Waals surface area contributed by atoms with Gasteiger partial charge in [-0.25, -0.2) is 9.67 Å². The van der Waals surface area contributed by atoms with E-state index in [4.69, 9.17) is 10.7 Å². The van der Waals surface area contributed by atoms with E-state index >= 15 is 0 Å². The molecule has 1 aliphatic heterocycles. The van der Waals surface area contributed by atoms with Crippen LogP contribution in [0.25, 0.3) is 0 Å². The first-order chi connectivity index (χ1) is 12.3. The highest BCUT2D eigenvalue weighted by atomic mass is 16.1. The third-order valence-electron chi connectivity index (χ3n) is 4.84. The number of nitrogens with two attached hydrogens (primary N) is 1. The first-order valence-corrected chi connectivity index (χ1v) is 8.90. The standard InChI is InChI=1S/C17H26N8O/c1-11(2)23(4)17-19-12(3)9-15(20-17)24-7-5-13(6-8-24)25-10-14(16(18)26)21-22-25/h9-11,13H,5-8H2,1-4H3,(H2,18,26). The summed E-state index contributed by atoms with van der Waals surface area (Å²) in [6.07, 6.45) is 3.44. The quantitative estimate of drug-likeness (QED) is 0.855. The fourth-order valence-corrected chi connectivity index (χ4v) is 3.01. The van der Waals surface area contributed by atoms with Crippen LogP contribution in [0, 0.1) is 6.92 Å². The van der Waals surface area contributed by atoms with Crippen molar-refractivity contribution in [3.8, 4) is 0 Å². The number of nitrogens with zero attached hydrogens (tertiary/aromatic N) is 7. The number of hydrogen-bond donors (Lipinski definition) is 1. The van der Waals surface area contributed by atoms with E-state index in [0.717, 1.165) is 43.4 Å². The van der Waals surface area contributed by atoms with E-state index in [1.54, 1.807) is 10.9 Å². The Balaban J connectivity index is 1.70. The number of amides is 1. The fourth-order valence-electron chi connectivity index (χ4n) is 3.01. The molecular formula is C17H26N8O. The second kappa shape index (κ2) is 7.27. The van der Waals surface area contributed by atoms with Gasteiger partial charge in [-0.05, 0) is 33.6 Å². The van der Waals surface area contributed by atoms with Gasteiger partial charge in [0.1, 0.15) is 5.82 Å². The Morgan fingerprint density at radius 1 is 1.31 bits per heavy atom. The third-order valence-corrected chi connectivity index (χ3v) is 4.84. The molecular weight excluding hydrogens is 332 g/mol. The highest BCUT2D eigenvalue weighted by Gasteiger charge is 2.24. The van der Waals surface area contributed by atoms with Crippen LogP contribution in [0.5, 0.6) is 0 Å². The van der Waals surface area contributed by atoms with Crippen LogP contribution >= 0.6 is 0 Å². The summed E-state index contributed by atoms with van der Waals surface area (Å²) in [5, 5.41) is 7.87. The minimum atomic E-state index is -0.549. The van der Waals surface area contributed by atoms with Crippen LogP contribution < -0.4 is 15.5 Å². The lowest BCUT2D eigenvalue weighted by atomic mass is 10.1. The van der Waals surface area contributed by atoms with E-state index in [1.807, 2.05) is 20.0 Å². The number of aromatic nitrogens is 5. The zero-order valence-electron chi connectivity index (χ0n) is 15.8. The molecule has 2 aromatic heterocycles. The monoisotopic (exact) mass is 358 g/mol. The minimum absolute atomic E-state index is 0.209. The second-order valence-corrected chi connectivity index (χ2v) is 7.04. The zero-order valence-corrected chi connectivity index (χ0v) is 15.8.